The molecule has 5 heteroatoms. The highest BCUT2D eigenvalue weighted by atomic mass is 35.5. The number of nitrogens with one attached hydrogen (secondary N) is 1. The molecule has 0 unspecified atom stereocenters. The van der Waals surface area contributed by atoms with Gasteiger partial charge >= 0.3 is 0 Å². The summed E-state index contributed by atoms with van der Waals surface area (Å²) in [5, 5.41) is 14.9. The molecular formula is C15H12ClN3O. The number of aliphatic hydroxyl groups is 1. The zero-order valence-corrected chi connectivity index (χ0v) is 11.3. The van der Waals surface area contributed by atoms with Crippen LogP contribution in [0.15, 0.2) is 48.8 Å². The average Bonchev–Trinajstić information content (AvgIpc) is 2.49. The molecular weight excluding hydrogens is 274 g/mol. The topological polar surface area (TPSA) is 58.0 Å². The third-order valence-corrected chi connectivity index (χ3v) is 3.23. The molecule has 0 aliphatic rings. The van der Waals surface area contributed by atoms with E-state index in [9.17, 15) is 5.11 Å². The Kier molecular flexibility index (Phi) is 3.50. The van der Waals surface area contributed by atoms with Crippen LogP contribution in [-0.2, 0) is 6.61 Å². The molecule has 20 heavy (non-hydrogen) atoms. The Labute approximate surface area is 121 Å². The second-order valence-electron chi connectivity index (χ2n) is 4.37. The molecule has 2 N–H and O–H groups in total. The van der Waals surface area contributed by atoms with Crippen molar-refractivity contribution in [2.24, 2.45) is 0 Å². The van der Waals surface area contributed by atoms with Crippen molar-refractivity contribution in [3.63, 3.8) is 0 Å². The molecule has 3 aromatic rings. The van der Waals surface area contributed by atoms with E-state index >= 15 is 0 Å². The minimum atomic E-state index is 0.0299. The Hall–Kier alpha value is -2.17. The lowest BCUT2D eigenvalue weighted by atomic mass is 10.1. The fourth-order valence-corrected chi connectivity index (χ4v) is 2.12. The average molecular weight is 286 g/mol. The maximum Gasteiger partial charge on any atom is 0.138 e. The Morgan fingerprint density at radius 3 is 2.75 bits per heavy atom. The molecule has 1 aromatic carbocycles. The van der Waals surface area contributed by atoms with Gasteiger partial charge in [0.2, 0.25) is 0 Å². The molecule has 0 aliphatic carbocycles. The maximum atomic E-state index is 9.18. The zero-order chi connectivity index (χ0) is 13.9. The Balaban J connectivity index is 2.01. The van der Waals surface area contributed by atoms with Crippen molar-refractivity contribution in [2.45, 2.75) is 6.61 Å². The number of rotatable bonds is 3. The van der Waals surface area contributed by atoms with Gasteiger partial charge in [-0.05, 0) is 35.2 Å². The number of pyridine rings is 2. The van der Waals surface area contributed by atoms with E-state index in [2.05, 4.69) is 15.3 Å². The van der Waals surface area contributed by atoms with Crippen molar-refractivity contribution in [1.29, 1.82) is 0 Å². The first-order valence-electron chi connectivity index (χ1n) is 6.13. The van der Waals surface area contributed by atoms with Gasteiger partial charge in [-0.2, -0.15) is 0 Å². The predicted octanol–water partition coefficient (Wildman–Crippen LogP) is 3.52. The number of benzene rings is 1. The van der Waals surface area contributed by atoms with Crippen LogP contribution in [0.2, 0.25) is 5.15 Å². The highest BCUT2D eigenvalue weighted by Crippen LogP contribution is 2.25. The first kappa shape index (κ1) is 12.8. The van der Waals surface area contributed by atoms with E-state index < -0.39 is 0 Å². The smallest absolute Gasteiger partial charge is 0.138 e. The number of aromatic nitrogens is 2. The number of hydrogen-bond acceptors (Lipinski definition) is 4. The summed E-state index contributed by atoms with van der Waals surface area (Å²) in [4.78, 5) is 8.37. The molecule has 0 atom stereocenters. The normalized spacial score (nSPS) is 10.7. The van der Waals surface area contributed by atoms with Crippen molar-refractivity contribution < 1.29 is 5.11 Å². The van der Waals surface area contributed by atoms with Crippen LogP contribution in [0, 0.1) is 0 Å². The van der Waals surface area contributed by atoms with Crippen LogP contribution in [0.5, 0.6) is 0 Å². The molecule has 0 saturated carbocycles. The van der Waals surface area contributed by atoms with Gasteiger partial charge in [0.15, 0.2) is 0 Å². The summed E-state index contributed by atoms with van der Waals surface area (Å²) in [5.41, 5.74) is 1.70. The van der Waals surface area contributed by atoms with Crippen molar-refractivity contribution in [3.8, 4) is 0 Å². The van der Waals surface area contributed by atoms with E-state index in [1.165, 1.54) is 0 Å². The van der Waals surface area contributed by atoms with E-state index in [4.69, 9.17) is 11.6 Å². The largest absolute Gasteiger partial charge is 0.392 e. The highest BCUT2D eigenvalue weighted by Gasteiger charge is 2.04. The molecule has 2 aromatic heterocycles. The standard InChI is InChI=1S/C15H12ClN3O/c16-14-4-2-12(8-18-14)19-15-13-3-1-10(9-20)7-11(13)5-6-17-15/h1-8,20H,9H2,(H,17,19). The van der Waals surface area contributed by atoms with E-state index in [1.54, 1.807) is 18.5 Å². The van der Waals surface area contributed by atoms with E-state index in [0.29, 0.717) is 5.15 Å². The van der Waals surface area contributed by atoms with E-state index in [1.807, 2.05) is 30.3 Å². The second-order valence-corrected chi connectivity index (χ2v) is 4.76. The highest BCUT2D eigenvalue weighted by molar-refractivity contribution is 6.29. The van der Waals surface area contributed by atoms with Crippen molar-refractivity contribution in [2.75, 3.05) is 5.32 Å². The van der Waals surface area contributed by atoms with Crippen LogP contribution in [-0.4, -0.2) is 15.1 Å². The molecule has 2 heterocycles. The first-order chi connectivity index (χ1) is 9.76. The van der Waals surface area contributed by atoms with Crippen LogP contribution in [0.1, 0.15) is 5.56 Å². The van der Waals surface area contributed by atoms with Crippen LogP contribution in [0.25, 0.3) is 10.8 Å². The quantitative estimate of drug-likeness (QED) is 0.723. The zero-order valence-electron chi connectivity index (χ0n) is 10.5. The van der Waals surface area contributed by atoms with Gasteiger partial charge in [0.05, 0.1) is 18.5 Å². The maximum absolute atomic E-state index is 9.18. The molecule has 100 valence electrons. The summed E-state index contributed by atoms with van der Waals surface area (Å²) in [5.74, 6) is 0.746. The first-order valence-corrected chi connectivity index (χ1v) is 6.51. The van der Waals surface area contributed by atoms with Gasteiger partial charge in [-0.15, -0.1) is 0 Å². The molecule has 0 bridgehead atoms. The summed E-state index contributed by atoms with van der Waals surface area (Å²) >= 11 is 5.76. The molecule has 0 amide bonds. The van der Waals surface area contributed by atoms with Crippen molar-refractivity contribution in [3.05, 3.63) is 59.5 Å². The van der Waals surface area contributed by atoms with Crippen molar-refractivity contribution in [1.82, 2.24) is 9.97 Å². The Morgan fingerprint density at radius 1 is 1.10 bits per heavy atom. The second kappa shape index (κ2) is 5.45. The fourth-order valence-electron chi connectivity index (χ4n) is 2.01. The minimum absolute atomic E-state index is 0.0299. The van der Waals surface area contributed by atoms with Gasteiger partial charge in [0.1, 0.15) is 11.0 Å². The Morgan fingerprint density at radius 2 is 2.00 bits per heavy atom. The van der Waals surface area contributed by atoms with Crippen molar-refractivity contribution >= 4 is 33.9 Å². The molecule has 0 saturated heterocycles. The number of nitrogens with zero attached hydrogens (tertiary/aromatic N) is 2. The van der Waals surface area contributed by atoms with Gasteiger partial charge in [0, 0.05) is 11.6 Å². The van der Waals surface area contributed by atoms with Crippen LogP contribution >= 0.6 is 11.6 Å². The van der Waals surface area contributed by atoms with Gasteiger partial charge in [-0.1, -0.05) is 23.7 Å². The van der Waals surface area contributed by atoms with Gasteiger partial charge < -0.3 is 10.4 Å². The molecule has 4 nitrogen and oxygen atoms in total. The van der Waals surface area contributed by atoms with Crippen LogP contribution in [0.3, 0.4) is 0 Å². The Bertz CT molecular complexity index is 744. The minimum Gasteiger partial charge on any atom is -0.392 e. The van der Waals surface area contributed by atoms with Gasteiger partial charge in [-0.25, -0.2) is 9.97 Å². The summed E-state index contributed by atoms with van der Waals surface area (Å²) < 4.78 is 0. The van der Waals surface area contributed by atoms with E-state index in [0.717, 1.165) is 27.8 Å². The van der Waals surface area contributed by atoms with Crippen LogP contribution < -0.4 is 5.32 Å². The number of fused-ring (bicyclic) bond motifs is 1. The lowest BCUT2D eigenvalue weighted by Gasteiger charge is -2.09. The van der Waals surface area contributed by atoms with Gasteiger partial charge in [-0.3, -0.25) is 0 Å². The summed E-state index contributed by atoms with van der Waals surface area (Å²) in [6.07, 6.45) is 3.39. The van der Waals surface area contributed by atoms with E-state index in [-0.39, 0.29) is 6.61 Å². The molecule has 0 fully saturated rings. The molecule has 3 rings (SSSR count). The lowest BCUT2D eigenvalue weighted by Crippen LogP contribution is -1.95. The predicted molar refractivity (Wildman–Crippen MR) is 80.2 cm³/mol. The van der Waals surface area contributed by atoms with Gasteiger partial charge in [0.25, 0.3) is 0 Å². The summed E-state index contributed by atoms with van der Waals surface area (Å²) in [6, 6.07) is 11.3. The number of hydrogen-bond donors (Lipinski definition) is 2. The SMILES string of the molecule is OCc1ccc2c(Nc3ccc(Cl)nc3)nccc2c1. The summed E-state index contributed by atoms with van der Waals surface area (Å²) in [6.45, 7) is 0.0299. The summed E-state index contributed by atoms with van der Waals surface area (Å²) in [7, 11) is 0. The lowest BCUT2D eigenvalue weighted by molar-refractivity contribution is 0.282. The molecule has 0 aliphatic heterocycles. The monoisotopic (exact) mass is 285 g/mol. The molecule has 0 spiro atoms. The number of halogens is 1. The van der Waals surface area contributed by atoms with Crippen LogP contribution in [0.4, 0.5) is 11.5 Å². The third kappa shape index (κ3) is 2.57. The fraction of sp³-hybridized carbons (Fsp3) is 0.0667. The third-order valence-electron chi connectivity index (χ3n) is 3.00. The molecule has 0 radical (unpaired) electrons. The number of aliphatic hydroxyl groups excluding tert-OH is 1. The number of anilines is 2.